The van der Waals surface area contributed by atoms with Crippen molar-refractivity contribution in [2.24, 2.45) is 5.92 Å². The molecule has 0 aliphatic heterocycles. The van der Waals surface area contributed by atoms with Crippen molar-refractivity contribution < 1.29 is 0 Å². The molecule has 2 atom stereocenters. The van der Waals surface area contributed by atoms with Gasteiger partial charge in [-0.15, -0.1) is 0 Å². The summed E-state index contributed by atoms with van der Waals surface area (Å²) in [5.74, 6) is 0.862. The predicted octanol–water partition coefficient (Wildman–Crippen LogP) is 4.60. The normalized spacial score (nSPS) is 14.2. The SMILES string of the molecule is CCCCC(CC)CC(Cc1cccnc1)NCCC. The zero-order valence-electron chi connectivity index (χ0n) is 13.6. The Balaban J connectivity index is 2.53. The highest BCUT2D eigenvalue weighted by Gasteiger charge is 2.15. The first-order chi connectivity index (χ1) is 9.80. The fraction of sp³-hybridized carbons (Fsp3) is 0.722. The van der Waals surface area contributed by atoms with E-state index in [9.17, 15) is 0 Å². The lowest BCUT2D eigenvalue weighted by atomic mass is 9.89. The molecular weight excluding hydrogens is 244 g/mol. The van der Waals surface area contributed by atoms with Crippen LogP contribution in [0.1, 0.15) is 64.9 Å². The van der Waals surface area contributed by atoms with Crippen molar-refractivity contribution in [3.8, 4) is 0 Å². The largest absolute Gasteiger partial charge is 0.314 e. The molecule has 1 heterocycles. The van der Waals surface area contributed by atoms with Gasteiger partial charge in [0.15, 0.2) is 0 Å². The highest BCUT2D eigenvalue weighted by atomic mass is 14.9. The van der Waals surface area contributed by atoms with Crippen LogP contribution >= 0.6 is 0 Å². The smallest absolute Gasteiger partial charge is 0.0300 e. The molecule has 2 unspecified atom stereocenters. The molecule has 0 aliphatic carbocycles. The molecule has 1 aromatic heterocycles. The summed E-state index contributed by atoms with van der Waals surface area (Å²) < 4.78 is 0. The second-order valence-electron chi connectivity index (χ2n) is 5.87. The van der Waals surface area contributed by atoms with Crippen molar-refractivity contribution in [3.05, 3.63) is 30.1 Å². The van der Waals surface area contributed by atoms with Crippen LogP contribution in [0.2, 0.25) is 0 Å². The summed E-state index contributed by atoms with van der Waals surface area (Å²) in [5.41, 5.74) is 1.35. The standard InChI is InChI=1S/C18H32N2/c1-4-7-9-16(6-3)13-18(20-11-5-2)14-17-10-8-12-19-15-17/h8,10,12,15-16,18,20H,4-7,9,11,13-14H2,1-3H3. The van der Waals surface area contributed by atoms with Crippen LogP contribution in [0.25, 0.3) is 0 Å². The minimum Gasteiger partial charge on any atom is -0.314 e. The lowest BCUT2D eigenvalue weighted by Crippen LogP contribution is -2.33. The molecule has 0 aromatic carbocycles. The van der Waals surface area contributed by atoms with E-state index in [2.05, 4.69) is 37.1 Å². The molecule has 1 aromatic rings. The van der Waals surface area contributed by atoms with Crippen molar-refractivity contribution in [1.29, 1.82) is 0 Å². The van der Waals surface area contributed by atoms with Crippen molar-refractivity contribution in [1.82, 2.24) is 10.3 Å². The number of pyridine rings is 1. The molecule has 1 N–H and O–H groups in total. The van der Waals surface area contributed by atoms with Crippen molar-refractivity contribution >= 4 is 0 Å². The van der Waals surface area contributed by atoms with Crippen LogP contribution in [0.15, 0.2) is 24.5 Å². The number of hydrogen-bond donors (Lipinski definition) is 1. The number of nitrogens with one attached hydrogen (secondary N) is 1. The average Bonchev–Trinajstić information content (AvgIpc) is 2.49. The summed E-state index contributed by atoms with van der Waals surface area (Å²) >= 11 is 0. The Kier molecular flexibility index (Phi) is 9.31. The Morgan fingerprint density at radius 1 is 1.20 bits per heavy atom. The maximum atomic E-state index is 4.24. The highest BCUT2D eigenvalue weighted by molar-refractivity contribution is 5.10. The van der Waals surface area contributed by atoms with Gasteiger partial charge in [-0.25, -0.2) is 0 Å². The number of nitrogens with zero attached hydrogens (tertiary/aromatic N) is 1. The number of rotatable bonds is 11. The molecule has 114 valence electrons. The van der Waals surface area contributed by atoms with Crippen LogP contribution < -0.4 is 5.32 Å². The molecular formula is C18H32N2. The summed E-state index contributed by atoms with van der Waals surface area (Å²) in [7, 11) is 0. The van der Waals surface area contributed by atoms with Gasteiger partial charge in [-0.3, -0.25) is 4.98 Å². The first-order valence-electron chi connectivity index (χ1n) is 8.42. The Hall–Kier alpha value is -0.890. The van der Waals surface area contributed by atoms with Gasteiger partial charge >= 0.3 is 0 Å². The van der Waals surface area contributed by atoms with Crippen molar-refractivity contribution in [2.45, 2.75) is 71.8 Å². The van der Waals surface area contributed by atoms with Crippen LogP contribution in [0.3, 0.4) is 0 Å². The van der Waals surface area contributed by atoms with Gasteiger partial charge in [0, 0.05) is 18.4 Å². The summed E-state index contributed by atoms with van der Waals surface area (Å²) in [6.45, 7) is 7.98. The quantitative estimate of drug-likeness (QED) is 0.639. The van der Waals surface area contributed by atoms with E-state index in [1.54, 1.807) is 0 Å². The molecule has 0 bridgehead atoms. The Labute approximate surface area is 125 Å². The van der Waals surface area contributed by atoms with Gasteiger partial charge in [0.25, 0.3) is 0 Å². The lowest BCUT2D eigenvalue weighted by molar-refractivity contribution is 0.347. The summed E-state index contributed by atoms with van der Waals surface area (Å²) in [6.07, 6.45) is 12.8. The van der Waals surface area contributed by atoms with E-state index in [4.69, 9.17) is 0 Å². The van der Waals surface area contributed by atoms with Crippen LogP contribution in [0.4, 0.5) is 0 Å². The minimum absolute atomic E-state index is 0.598. The number of aromatic nitrogens is 1. The van der Waals surface area contributed by atoms with Crippen LogP contribution in [-0.4, -0.2) is 17.6 Å². The zero-order valence-corrected chi connectivity index (χ0v) is 13.6. The maximum absolute atomic E-state index is 4.24. The van der Waals surface area contributed by atoms with E-state index in [-0.39, 0.29) is 0 Å². The van der Waals surface area contributed by atoms with E-state index >= 15 is 0 Å². The molecule has 0 aliphatic rings. The summed E-state index contributed by atoms with van der Waals surface area (Å²) in [4.78, 5) is 4.24. The third-order valence-corrected chi connectivity index (χ3v) is 4.05. The Morgan fingerprint density at radius 3 is 2.65 bits per heavy atom. The highest BCUT2D eigenvalue weighted by Crippen LogP contribution is 2.20. The maximum Gasteiger partial charge on any atom is 0.0300 e. The van der Waals surface area contributed by atoms with Crippen LogP contribution in [0, 0.1) is 5.92 Å². The monoisotopic (exact) mass is 276 g/mol. The Morgan fingerprint density at radius 2 is 2.05 bits per heavy atom. The summed E-state index contributed by atoms with van der Waals surface area (Å²) in [5, 5.41) is 3.73. The van der Waals surface area contributed by atoms with Gasteiger partial charge in [-0.05, 0) is 43.4 Å². The van der Waals surface area contributed by atoms with Crippen molar-refractivity contribution in [3.63, 3.8) is 0 Å². The molecule has 0 saturated heterocycles. The first kappa shape index (κ1) is 17.2. The molecule has 1 rings (SSSR count). The second-order valence-corrected chi connectivity index (χ2v) is 5.87. The van der Waals surface area contributed by atoms with Gasteiger partial charge < -0.3 is 5.32 Å². The molecule has 0 fully saturated rings. The average molecular weight is 276 g/mol. The van der Waals surface area contributed by atoms with Crippen LogP contribution in [0.5, 0.6) is 0 Å². The van der Waals surface area contributed by atoms with Crippen LogP contribution in [-0.2, 0) is 6.42 Å². The molecule has 2 heteroatoms. The lowest BCUT2D eigenvalue weighted by Gasteiger charge is -2.24. The number of hydrogen-bond acceptors (Lipinski definition) is 2. The van der Waals surface area contributed by atoms with E-state index in [1.165, 1.54) is 44.1 Å². The fourth-order valence-electron chi connectivity index (χ4n) is 2.77. The second kappa shape index (κ2) is 10.8. The molecule has 0 spiro atoms. The molecule has 0 saturated carbocycles. The molecule has 2 nitrogen and oxygen atoms in total. The topological polar surface area (TPSA) is 24.9 Å². The van der Waals surface area contributed by atoms with Gasteiger partial charge in [-0.2, -0.15) is 0 Å². The zero-order chi connectivity index (χ0) is 14.6. The van der Waals surface area contributed by atoms with E-state index < -0.39 is 0 Å². The third kappa shape index (κ3) is 7.04. The van der Waals surface area contributed by atoms with Gasteiger partial charge in [0.05, 0.1) is 0 Å². The molecule has 0 radical (unpaired) electrons. The first-order valence-corrected chi connectivity index (χ1v) is 8.42. The van der Waals surface area contributed by atoms with E-state index in [1.807, 2.05) is 18.5 Å². The van der Waals surface area contributed by atoms with E-state index in [0.29, 0.717) is 6.04 Å². The Bertz CT molecular complexity index is 323. The molecule has 0 amide bonds. The summed E-state index contributed by atoms with van der Waals surface area (Å²) in [6, 6.07) is 4.84. The third-order valence-electron chi connectivity index (χ3n) is 4.05. The fourth-order valence-corrected chi connectivity index (χ4v) is 2.77. The van der Waals surface area contributed by atoms with Gasteiger partial charge in [0.1, 0.15) is 0 Å². The van der Waals surface area contributed by atoms with E-state index in [0.717, 1.165) is 18.9 Å². The molecule has 20 heavy (non-hydrogen) atoms. The number of unbranched alkanes of at least 4 members (excludes halogenated alkanes) is 1. The van der Waals surface area contributed by atoms with Crippen molar-refractivity contribution in [2.75, 3.05) is 6.54 Å². The van der Waals surface area contributed by atoms with Gasteiger partial charge in [-0.1, -0.05) is 52.5 Å². The predicted molar refractivity (Wildman–Crippen MR) is 87.9 cm³/mol. The minimum atomic E-state index is 0.598. The van der Waals surface area contributed by atoms with Gasteiger partial charge in [0.2, 0.25) is 0 Å².